The van der Waals surface area contributed by atoms with E-state index in [1.165, 1.54) is 25.7 Å². The first kappa shape index (κ1) is 12.9. The first-order valence-electron chi connectivity index (χ1n) is 6.79. The van der Waals surface area contributed by atoms with E-state index in [9.17, 15) is 4.79 Å². The Balaban J connectivity index is 1.89. The molecule has 0 spiro atoms. The van der Waals surface area contributed by atoms with Crippen molar-refractivity contribution in [1.29, 1.82) is 0 Å². The summed E-state index contributed by atoms with van der Waals surface area (Å²) >= 11 is 0. The Morgan fingerprint density at radius 3 is 3.00 bits per heavy atom. The molecule has 1 aromatic rings. The van der Waals surface area contributed by atoms with Gasteiger partial charge in [-0.05, 0) is 42.9 Å². The second-order valence-corrected chi connectivity index (χ2v) is 5.46. The Labute approximate surface area is 109 Å². The van der Waals surface area contributed by atoms with Crippen LogP contribution in [-0.4, -0.2) is 12.5 Å². The lowest BCUT2D eigenvalue weighted by Gasteiger charge is -2.27. The van der Waals surface area contributed by atoms with Crippen molar-refractivity contribution in [3.8, 4) is 0 Å². The molecule has 0 aliphatic heterocycles. The largest absolute Gasteiger partial charge is 0.385 e. The fourth-order valence-electron chi connectivity index (χ4n) is 2.79. The summed E-state index contributed by atoms with van der Waals surface area (Å²) in [4.78, 5) is 11.1. The van der Waals surface area contributed by atoms with Gasteiger partial charge in [-0.3, -0.25) is 4.79 Å². The number of hydrogen-bond acceptors (Lipinski definition) is 2. The second-order valence-electron chi connectivity index (χ2n) is 5.46. The summed E-state index contributed by atoms with van der Waals surface area (Å²) in [6.45, 7) is 3.33. The molecule has 0 bridgehead atoms. The van der Waals surface area contributed by atoms with E-state index in [-0.39, 0.29) is 5.91 Å². The molecule has 3 N–H and O–H groups in total. The Hall–Kier alpha value is -1.51. The van der Waals surface area contributed by atoms with Crippen molar-refractivity contribution in [2.45, 2.75) is 32.6 Å². The number of primary amides is 1. The van der Waals surface area contributed by atoms with E-state index in [0.717, 1.165) is 24.1 Å². The Kier molecular flexibility index (Phi) is 4.24. The zero-order chi connectivity index (χ0) is 13.0. The summed E-state index contributed by atoms with van der Waals surface area (Å²) in [5.74, 6) is 1.23. The van der Waals surface area contributed by atoms with Crippen LogP contribution in [0.4, 0.5) is 5.69 Å². The monoisotopic (exact) mass is 246 g/mol. The Morgan fingerprint density at radius 1 is 1.44 bits per heavy atom. The van der Waals surface area contributed by atoms with Gasteiger partial charge in [-0.25, -0.2) is 0 Å². The molecule has 1 aliphatic rings. The van der Waals surface area contributed by atoms with Gasteiger partial charge in [0.25, 0.3) is 0 Å². The van der Waals surface area contributed by atoms with Gasteiger partial charge in [0.2, 0.25) is 5.91 Å². The van der Waals surface area contributed by atoms with E-state index in [4.69, 9.17) is 5.73 Å². The van der Waals surface area contributed by atoms with Crippen molar-refractivity contribution in [1.82, 2.24) is 0 Å². The van der Waals surface area contributed by atoms with E-state index < -0.39 is 0 Å². The molecule has 2 unspecified atom stereocenters. The first-order valence-corrected chi connectivity index (χ1v) is 6.79. The van der Waals surface area contributed by atoms with Crippen LogP contribution in [0.2, 0.25) is 0 Å². The lowest BCUT2D eigenvalue weighted by Crippen LogP contribution is -2.21. The van der Waals surface area contributed by atoms with E-state index in [2.05, 4.69) is 12.2 Å². The number of anilines is 1. The Morgan fingerprint density at radius 2 is 2.28 bits per heavy atom. The molecule has 1 saturated carbocycles. The number of hydrogen-bond donors (Lipinski definition) is 2. The summed E-state index contributed by atoms with van der Waals surface area (Å²) in [5.41, 5.74) is 6.83. The first-order chi connectivity index (χ1) is 8.65. The van der Waals surface area contributed by atoms with Crippen LogP contribution in [0.15, 0.2) is 24.3 Å². The molecular formula is C15H22N2O. The number of carbonyl (C=O) groups excluding carboxylic acids is 1. The van der Waals surface area contributed by atoms with Crippen LogP contribution in [0.25, 0.3) is 0 Å². The van der Waals surface area contributed by atoms with Crippen molar-refractivity contribution in [3.63, 3.8) is 0 Å². The van der Waals surface area contributed by atoms with Gasteiger partial charge in [0.1, 0.15) is 0 Å². The lowest BCUT2D eigenvalue weighted by atomic mass is 9.82. The Bertz CT molecular complexity index is 417. The summed E-state index contributed by atoms with van der Waals surface area (Å²) < 4.78 is 0. The SMILES string of the molecule is CC1CCCC(CNc2cccc(C(N)=O)c2)C1. The number of nitrogens with two attached hydrogens (primary N) is 1. The van der Waals surface area contributed by atoms with Gasteiger partial charge >= 0.3 is 0 Å². The number of rotatable bonds is 4. The minimum atomic E-state index is -0.370. The average Bonchev–Trinajstić information content (AvgIpc) is 2.37. The van der Waals surface area contributed by atoms with Crippen LogP contribution in [-0.2, 0) is 0 Å². The van der Waals surface area contributed by atoms with E-state index >= 15 is 0 Å². The fourth-order valence-corrected chi connectivity index (χ4v) is 2.79. The third-order valence-corrected chi connectivity index (χ3v) is 3.79. The molecule has 2 atom stereocenters. The minimum Gasteiger partial charge on any atom is -0.385 e. The van der Waals surface area contributed by atoms with Gasteiger partial charge < -0.3 is 11.1 Å². The predicted molar refractivity (Wildman–Crippen MR) is 74.6 cm³/mol. The molecule has 1 aliphatic carbocycles. The lowest BCUT2D eigenvalue weighted by molar-refractivity contribution is 0.100. The normalized spacial score (nSPS) is 23.6. The molecule has 0 aromatic heterocycles. The van der Waals surface area contributed by atoms with Crippen LogP contribution in [0, 0.1) is 11.8 Å². The molecule has 3 heteroatoms. The highest BCUT2D eigenvalue weighted by Gasteiger charge is 2.18. The number of carbonyl (C=O) groups is 1. The fraction of sp³-hybridized carbons (Fsp3) is 0.533. The van der Waals surface area contributed by atoms with Crippen LogP contribution in [0.1, 0.15) is 43.0 Å². The van der Waals surface area contributed by atoms with Gasteiger partial charge in [-0.1, -0.05) is 25.8 Å². The zero-order valence-corrected chi connectivity index (χ0v) is 11.0. The molecule has 18 heavy (non-hydrogen) atoms. The molecule has 2 rings (SSSR count). The molecule has 0 radical (unpaired) electrons. The molecule has 1 fully saturated rings. The van der Waals surface area contributed by atoms with Crippen LogP contribution in [0.5, 0.6) is 0 Å². The van der Waals surface area contributed by atoms with Crippen molar-refractivity contribution >= 4 is 11.6 Å². The van der Waals surface area contributed by atoms with Gasteiger partial charge in [0.15, 0.2) is 0 Å². The number of nitrogens with one attached hydrogen (secondary N) is 1. The number of amides is 1. The highest BCUT2D eigenvalue weighted by atomic mass is 16.1. The molecule has 0 saturated heterocycles. The van der Waals surface area contributed by atoms with Crippen molar-refractivity contribution in [2.75, 3.05) is 11.9 Å². The average molecular weight is 246 g/mol. The van der Waals surface area contributed by atoms with Crippen LogP contribution >= 0.6 is 0 Å². The quantitative estimate of drug-likeness (QED) is 0.858. The summed E-state index contributed by atoms with van der Waals surface area (Å²) in [5, 5.41) is 3.42. The predicted octanol–water partition coefficient (Wildman–Crippen LogP) is 3.02. The summed E-state index contributed by atoms with van der Waals surface area (Å²) in [6.07, 6.45) is 5.33. The van der Waals surface area contributed by atoms with Crippen LogP contribution in [0.3, 0.4) is 0 Å². The van der Waals surface area contributed by atoms with Crippen molar-refractivity contribution in [3.05, 3.63) is 29.8 Å². The molecule has 3 nitrogen and oxygen atoms in total. The topological polar surface area (TPSA) is 55.1 Å². The van der Waals surface area contributed by atoms with E-state index in [1.54, 1.807) is 6.07 Å². The summed E-state index contributed by atoms with van der Waals surface area (Å²) in [6, 6.07) is 7.43. The third kappa shape index (κ3) is 3.49. The zero-order valence-electron chi connectivity index (χ0n) is 11.0. The van der Waals surface area contributed by atoms with Crippen molar-refractivity contribution in [2.24, 2.45) is 17.6 Å². The molecular weight excluding hydrogens is 224 g/mol. The smallest absolute Gasteiger partial charge is 0.248 e. The van der Waals surface area contributed by atoms with Gasteiger partial charge in [-0.15, -0.1) is 0 Å². The highest BCUT2D eigenvalue weighted by molar-refractivity contribution is 5.93. The van der Waals surface area contributed by atoms with Gasteiger partial charge in [-0.2, -0.15) is 0 Å². The van der Waals surface area contributed by atoms with Crippen LogP contribution < -0.4 is 11.1 Å². The molecule has 1 amide bonds. The molecule has 98 valence electrons. The van der Waals surface area contributed by atoms with Gasteiger partial charge in [0, 0.05) is 17.8 Å². The third-order valence-electron chi connectivity index (χ3n) is 3.79. The van der Waals surface area contributed by atoms with E-state index in [0.29, 0.717) is 5.56 Å². The number of benzene rings is 1. The molecule has 0 heterocycles. The summed E-state index contributed by atoms with van der Waals surface area (Å²) in [7, 11) is 0. The van der Waals surface area contributed by atoms with Crippen molar-refractivity contribution < 1.29 is 4.79 Å². The maximum absolute atomic E-state index is 11.1. The second kappa shape index (κ2) is 5.89. The minimum absolute atomic E-state index is 0.370. The standard InChI is InChI=1S/C15H22N2O/c1-11-4-2-5-12(8-11)10-17-14-7-3-6-13(9-14)15(16)18/h3,6-7,9,11-12,17H,2,4-5,8,10H2,1H3,(H2,16,18). The van der Waals surface area contributed by atoms with E-state index in [1.807, 2.05) is 18.2 Å². The maximum Gasteiger partial charge on any atom is 0.248 e. The molecule has 1 aromatic carbocycles. The maximum atomic E-state index is 11.1. The van der Waals surface area contributed by atoms with Gasteiger partial charge in [0.05, 0.1) is 0 Å². The highest BCUT2D eigenvalue weighted by Crippen LogP contribution is 2.28.